The molecule has 0 atom stereocenters. The van der Waals surface area contributed by atoms with E-state index in [1.54, 1.807) is 0 Å². The minimum absolute atomic E-state index is 0.0158. The zero-order chi connectivity index (χ0) is 20.0. The third-order valence-corrected chi connectivity index (χ3v) is 3.02. The molecule has 0 fully saturated rings. The van der Waals surface area contributed by atoms with Crippen LogP contribution in [0, 0.1) is 10.1 Å². The molecule has 8 nitrogen and oxygen atoms in total. The topological polar surface area (TPSA) is 108 Å². The summed E-state index contributed by atoms with van der Waals surface area (Å²) in [6.45, 7) is -0.656. The van der Waals surface area contributed by atoms with Crippen molar-refractivity contribution in [2.75, 3.05) is 11.9 Å². The number of carbonyl (C=O) groups is 2. The molecule has 0 saturated carbocycles. The standard InChI is InChI=1S/C16H11F3N2O6/c17-16(18,19)27-13-7-3-11(4-8-13)20-14(22)9-26-15(23)10-1-5-12(6-2-10)21(24)25/h1-8H,9H2,(H,20,22). The molecular weight excluding hydrogens is 373 g/mol. The van der Waals surface area contributed by atoms with Crippen molar-refractivity contribution in [2.24, 2.45) is 0 Å². The number of hydrogen-bond donors (Lipinski definition) is 1. The number of alkyl halides is 3. The summed E-state index contributed by atoms with van der Waals surface area (Å²) in [5, 5.41) is 12.9. The molecule has 2 rings (SSSR count). The van der Waals surface area contributed by atoms with Gasteiger partial charge in [-0.25, -0.2) is 4.79 Å². The molecule has 0 bridgehead atoms. The van der Waals surface area contributed by atoms with E-state index in [9.17, 15) is 32.9 Å². The largest absolute Gasteiger partial charge is 0.573 e. The second kappa shape index (κ2) is 8.17. The first-order valence-electron chi connectivity index (χ1n) is 7.21. The molecule has 0 aliphatic carbocycles. The number of hydrogen-bond acceptors (Lipinski definition) is 6. The molecule has 2 aromatic rings. The molecule has 0 spiro atoms. The minimum atomic E-state index is -4.82. The molecule has 0 radical (unpaired) electrons. The molecule has 0 saturated heterocycles. The lowest BCUT2D eigenvalue weighted by molar-refractivity contribution is -0.384. The van der Waals surface area contributed by atoms with Gasteiger partial charge in [0.1, 0.15) is 5.75 Å². The van der Waals surface area contributed by atoms with Crippen LogP contribution >= 0.6 is 0 Å². The summed E-state index contributed by atoms with van der Waals surface area (Å²) in [4.78, 5) is 33.4. The number of non-ortho nitro benzene ring substituents is 1. The summed E-state index contributed by atoms with van der Waals surface area (Å²) in [6.07, 6.45) is -4.82. The van der Waals surface area contributed by atoms with Gasteiger partial charge in [0.25, 0.3) is 11.6 Å². The first kappa shape index (κ1) is 19.7. The van der Waals surface area contributed by atoms with Gasteiger partial charge in [-0.2, -0.15) is 0 Å². The fourth-order valence-corrected chi connectivity index (χ4v) is 1.87. The number of nitrogens with one attached hydrogen (secondary N) is 1. The quantitative estimate of drug-likeness (QED) is 0.465. The molecule has 0 aliphatic rings. The van der Waals surface area contributed by atoms with E-state index < -0.39 is 35.5 Å². The van der Waals surface area contributed by atoms with Crippen LogP contribution in [0.25, 0.3) is 0 Å². The highest BCUT2D eigenvalue weighted by molar-refractivity contribution is 5.95. The van der Waals surface area contributed by atoms with Crippen molar-refractivity contribution in [3.8, 4) is 5.75 Å². The molecule has 0 aromatic heterocycles. The summed E-state index contributed by atoms with van der Waals surface area (Å²) < 4.78 is 44.6. The Morgan fingerprint density at radius 1 is 1.04 bits per heavy atom. The summed E-state index contributed by atoms with van der Waals surface area (Å²) >= 11 is 0. The first-order chi connectivity index (χ1) is 12.6. The number of nitrogens with zero attached hydrogens (tertiary/aromatic N) is 1. The molecule has 2 aromatic carbocycles. The fourth-order valence-electron chi connectivity index (χ4n) is 1.87. The Hall–Kier alpha value is -3.63. The molecule has 0 unspecified atom stereocenters. The first-order valence-corrected chi connectivity index (χ1v) is 7.21. The summed E-state index contributed by atoms with van der Waals surface area (Å²) in [6, 6.07) is 8.95. The van der Waals surface area contributed by atoms with E-state index in [0.717, 1.165) is 24.3 Å². The van der Waals surface area contributed by atoms with Crippen LogP contribution in [0.15, 0.2) is 48.5 Å². The lowest BCUT2D eigenvalue weighted by Crippen LogP contribution is -2.21. The van der Waals surface area contributed by atoms with Gasteiger partial charge < -0.3 is 14.8 Å². The maximum Gasteiger partial charge on any atom is 0.573 e. The Bertz CT molecular complexity index is 835. The van der Waals surface area contributed by atoms with Gasteiger partial charge >= 0.3 is 12.3 Å². The predicted molar refractivity (Wildman–Crippen MR) is 85.1 cm³/mol. The van der Waals surface area contributed by atoms with Crippen molar-refractivity contribution >= 4 is 23.3 Å². The number of esters is 1. The average Bonchev–Trinajstić information content (AvgIpc) is 2.60. The van der Waals surface area contributed by atoms with Gasteiger partial charge in [0.15, 0.2) is 6.61 Å². The molecule has 1 amide bonds. The van der Waals surface area contributed by atoms with Gasteiger partial charge in [-0.3, -0.25) is 14.9 Å². The smallest absolute Gasteiger partial charge is 0.452 e. The third-order valence-electron chi connectivity index (χ3n) is 3.02. The van der Waals surface area contributed by atoms with Gasteiger partial charge in [-0.05, 0) is 36.4 Å². The Kier molecular flexibility index (Phi) is 5.96. The summed E-state index contributed by atoms with van der Waals surface area (Å²) in [5.74, 6) is -2.05. The monoisotopic (exact) mass is 384 g/mol. The van der Waals surface area contributed by atoms with Crippen LogP contribution in [0.2, 0.25) is 0 Å². The van der Waals surface area contributed by atoms with Crippen LogP contribution in [0.1, 0.15) is 10.4 Å². The van der Waals surface area contributed by atoms with Crippen molar-refractivity contribution < 1.29 is 37.2 Å². The van der Waals surface area contributed by atoms with Crippen LogP contribution in [-0.4, -0.2) is 29.8 Å². The molecule has 142 valence electrons. The Morgan fingerprint density at radius 2 is 1.63 bits per heavy atom. The lowest BCUT2D eigenvalue weighted by atomic mass is 10.2. The van der Waals surface area contributed by atoms with E-state index in [1.807, 2.05) is 0 Å². The number of benzene rings is 2. The van der Waals surface area contributed by atoms with Crippen molar-refractivity contribution in [2.45, 2.75) is 6.36 Å². The maximum absolute atomic E-state index is 12.1. The van der Waals surface area contributed by atoms with Crippen LogP contribution in [0.5, 0.6) is 5.75 Å². The molecular formula is C16H11F3N2O6. The Balaban J connectivity index is 1.85. The van der Waals surface area contributed by atoms with Crippen LogP contribution in [0.3, 0.4) is 0 Å². The highest BCUT2D eigenvalue weighted by atomic mass is 19.4. The second-order valence-corrected chi connectivity index (χ2v) is 5.00. The van der Waals surface area contributed by atoms with Gasteiger partial charge in [0.2, 0.25) is 0 Å². The zero-order valence-electron chi connectivity index (χ0n) is 13.4. The Labute approximate surface area is 149 Å². The summed E-state index contributed by atoms with van der Waals surface area (Å²) in [7, 11) is 0. The maximum atomic E-state index is 12.1. The van der Waals surface area contributed by atoms with E-state index in [4.69, 9.17) is 4.74 Å². The van der Waals surface area contributed by atoms with E-state index in [1.165, 1.54) is 24.3 Å². The van der Waals surface area contributed by atoms with Crippen LogP contribution < -0.4 is 10.1 Å². The van der Waals surface area contributed by atoms with Gasteiger partial charge in [-0.1, -0.05) is 0 Å². The molecule has 1 N–H and O–H groups in total. The van der Waals surface area contributed by atoms with Gasteiger partial charge in [0, 0.05) is 17.8 Å². The molecule has 0 aliphatic heterocycles. The average molecular weight is 384 g/mol. The SMILES string of the molecule is O=C(COC(=O)c1ccc([N+](=O)[O-])cc1)Nc1ccc(OC(F)(F)F)cc1. The van der Waals surface area contributed by atoms with E-state index in [-0.39, 0.29) is 16.9 Å². The number of nitro groups is 1. The van der Waals surface area contributed by atoms with Crippen LogP contribution in [0.4, 0.5) is 24.5 Å². The summed E-state index contributed by atoms with van der Waals surface area (Å²) in [5.41, 5.74) is -0.0230. The highest BCUT2D eigenvalue weighted by Crippen LogP contribution is 2.23. The highest BCUT2D eigenvalue weighted by Gasteiger charge is 2.30. The number of nitro benzene ring substituents is 1. The number of carbonyl (C=O) groups excluding carboxylic acids is 2. The third kappa shape index (κ3) is 6.30. The fraction of sp³-hybridized carbons (Fsp3) is 0.125. The van der Waals surface area contributed by atoms with E-state index in [2.05, 4.69) is 10.1 Å². The number of anilines is 1. The molecule has 27 heavy (non-hydrogen) atoms. The van der Waals surface area contributed by atoms with Crippen molar-refractivity contribution in [1.82, 2.24) is 0 Å². The van der Waals surface area contributed by atoms with Gasteiger partial charge in [0.05, 0.1) is 10.5 Å². The van der Waals surface area contributed by atoms with Crippen molar-refractivity contribution in [3.63, 3.8) is 0 Å². The number of halogens is 3. The molecule has 11 heteroatoms. The van der Waals surface area contributed by atoms with E-state index in [0.29, 0.717) is 0 Å². The predicted octanol–water partition coefficient (Wildman–Crippen LogP) is 3.29. The minimum Gasteiger partial charge on any atom is -0.452 e. The number of ether oxygens (including phenoxy) is 2. The zero-order valence-corrected chi connectivity index (χ0v) is 13.4. The van der Waals surface area contributed by atoms with Crippen LogP contribution in [-0.2, 0) is 9.53 Å². The van der Waals surface area contributed by atoms with Crippen molar-refractivity contribution in [3.05, 3.63) is 64.2 Å². The van der Waals surface area contributed by atoms with Crippen molar-refractivity contribution in [1.29, 1.82) is 0 Å². The lowest BCUT2D eigenvalue weighted by Gasteiger charge is -2.10. The second-order valence-electron chi connectivity index (χ2n) is 5.00. The van der Waals surface area contributed by atoms with Gasteiger partial charge in [-0.15, -0.1) is 13.2 Å². The normalized spacial score (nSPS) is 10.8. The Morgan fingerprint density at radius 3 is 2.15 bits per heavy atom. The molecule has 0 heterocycles. The van der Waals surface area contributed by atoms with E-state index >= 15 is 0 Å². The number of rotatable bonds is 6. The number of amides is 1.